The molecule has 1 aromatic rings. The Labute approximate surface area is 97.4 Å². The van der Waals surface area contributed by atoms with Gasteiger partial charge in [0.15, 0.2) is 0 Å². The van der Waals surface area contributed by atoms with Crippen LogP contribution in [0.3, 0.4) is 0 Å². The van der Waals surface area contributed by atoms with E-state index in [2.05, 4.69) is 6.58 Å². The molecule has 3 heteroatoms. The minimum atomic E-state index is -0.451. The van der Waals surface area contributed by atoms with Crippen molar-refractivity contribution in [1.82, 2.24) is 0 Å². The second kappa shape index (κ2) is 3.76. The zero-order valence-electron chi connectivity index (χ0n) is 10.1. The van der Waals surface area contributed by atoms with E-state index in [0.29, 0.717) is 0 Å². The molecule has 1 aliphatic heterocycles. The number of benzene rings is 1. The van der Waals surface area contributed by atoms with E-state index >= 15 is 0 Å². The van der Waals surface area contributed by atoms with Gasteiger partial charge >= 0.3 is 7.12 Å². The van der Waals surface area contributed by atoms with Crippen LogP contribution in [0, 0.1) is 0 Å². The monoisotopic (exact) mass is 216 g/mol. The lowest BCUT2D eigenvalue weighted by Gasteiger charge is -2.33. The Hall–Kier alpha value is -1.06. The molecule has 0 spiro atoms. The Balaban J connectivity index is 2.28. The summed E-state index contributed by atoms with van der Waals surface area (Å²) in [7, 11) is -0.306. The van der Waals surface area contributed by atoms with Crippen LogP contribution in [-0.4, -0.2) is 18.3 Å². The summed E-state index contributed by atoms with van der Waals surface area (Å²) in [5.41, 5.74) is 0.226. The number of hydrogen-bond acceptors (Lipinski definition) is 2. The maximum atomic E-state index is 5.96. The third kappa shape index (κ3) is 1.70. The van der Waals surface area contributed by atoms with Crippen LogP contribution in [-0.2, 0) is 9.31 Å². The lowest BCUT2D eigenvalue weighted by Crippen LogP contribution is -2.42. The average molecular weight is 216 g/mol. The molecule has 84 valence electrons. The second-order valence-corrected chi connectivity index (χ2v) is 4.80. The summed E-state index contributed by atoms with van der Waals surface area (Å²) in [6.07, 6.45) is 1.82. The molecule has 1 fully saturated rings. The number of hydrogen-bond donors (Lipinski definition) is 0. The molecule has 1 aliphatic rings. The highest BCUT2D eigenvalue weighted by Crippen LogP contribution is 2.37. The molecule has 1 heterocycles. The third-order valence-corrected chi connectivity index (χ3v) is 3.41. The van der Waals surface area contributed by atoms with Gasteiger partial charge in [-0.2, -0.15) is 0 Å². The van der Waals surface area contributed by atoms with E-state index in [1.165, 1.54) is 0 Å². The predicted molar refractivity (Wildman–Crippen MR) is 66.7 cm³/mol. The Bertz CT molecular complexity index is 388. The predicted octanol–water partition coefficient (Wildman–Crippen LogP) is 2.15. The van der Waals surface area contributed by atoms with Crippen molar-refractivity contribution in [2.24, 2.45) is 0 Å². The van der Waals surface area contributed by atoms with Gasteiger partial charge in [-0.25, -0.2) is 0 Å². The highest BCUT2D eigenvalue weighted by atomic mass is 16.7. The molecular weight excluding hydrogens is 199 g/mol. The molecular formula is C13H17BO2. The Kier molecular flexibility index (Phi) is 2.68. The first kappa shape index (κ1) is 11.4. The van der Waals surface area contributed by atoms with Crippen LogP contribution in [0.4, 0.5) is 0 Å². The molecule has 16 heavy (non-hydrogen) atoms. The summed E-state index contributed by atoms with van der Waals surface area (Å²) < 4.78 is 11.9. The van der Waals surface area contributed by atoms with Gasteiger partial charge in [0, 0.05) is 0 Å². The standard InChI is InChI=1S/C13H17BO2/c1-5-13(4)12(2,3)15-14(16-13)11-9-7-6-8-10-11/h5-10H,1H2,2-4H3. The van der Waals surface area contributed by atoms with E-state index in [9.17, 15) is 0 Å². The molecule has 0 bridgehead atoms. The molecule has 2 rings (SSSR count). The Morgan fingerprint density at radius 2 is 1.75 bits per heavy atom. The van der Waals surface area contributed by atoms with Crippen molar-refractivity contribution in [3.63, 3.8) is 0 Å². The van der Waals surface area contributed by atoms with Crippen LogP contribution in [0.2, 0.25) is 0 Å². The summed E-state index contributed by atoms with van der Waals surface area (Å²) in [5.74, 6) is 0. The van der Waals surface area contributed by atoms with Crippen LogP contribution in [0.1, 0.15) is 20.8 Å². The van der Waals surface area contributed by atoms with Gasteiger partial charge in [0.2, 0.25) is 0 Å². The molecule has 1 atom stereocenters. The number of rotatable bonds is 2. The fraction of sp³-hybridized carbons (Fsp3) is 0.385. The van der Waals surface area contributed by atoms with Crippen molar-refractivity contribution in [2.45, 2.75) is 32.0 Å². The fourth-order valence-electron chi connectivity index (χ4n) is 1.81. The first-order valence-corrected chi connectivity index (χ1v) is 5.53. The van der Waals surface area contributed by atoms with Crippen molar-refractivity contribution >= 4 is 12.6 Å². The van der Waals surface area contributed by atoms with E-state index in [1.807, 2.05) is 57.2 Å². The van der Waals surface area contributed by atoms with Crippen LogP contribution < -0.4 is 5.46 Å². The highest BCUT2D eigenvalue weighted by Gasteiger charge is 2.52. The van der Waals surface area contributed by atoms with Gasteiger partial charge in [-0.3, -0.25) is 0 Å². The smallest absolute Gasteiger partial charge is 0.399 e. The van der Waals surface area contributed by atoms with Crippen LogP contribution in [0.5, 0.6) is 0 Å². The molecule has 1 aromatic carbocycles. The molecule has 2 nitrogen and oxygen atoms in total. The molecule has 0 amide bonds. The molecule has 0 aliphatic carbocycles. The summed E-state index contributed by atoms with van der Waals surface area (Å²) in [6, 6.07) is 9.97. The Morgan fingerprint density at radius 1 is 1.12 bits per heavy atom. The van der Waals surface area contributed by atoms with Crippen molar-refractivity contribution in [3.05, 3.63) is 43.0 Å². The van der Waals surface area contributed by atoms with E-state index in [4.69, 9.17) is 9.31 Å². The van der Waals surface area contributed by atoms with Crippen molar-refractivity contribution in [3.8, 4) is 0 Å². The summed E-state index contributed by atoms with van der Waals surface area (Å²) in [5, 5.41) is 0. The van der Waals surface area contributed by atoms with Gasteiger partial charge in [0.25, 0.3) is 0 Å². The summed E-state index contributed by atoms with van der Waals surface area (Å²) in [4.78, 5) is 0. The van der Waals surface area contributed by atoms with Crippen molar-refractivity contribution < 1.29 is 9.31 Å². The van der Waals surface area contributed by atoms with E-state index in [0.717, 1.165) is 5.46 Å². The van der Waals surface area contributed by atoms with Gasteiger partial charge in [0.1, 0.15) is 0 Å². The van der Waals surface area contributed by atoms with Crippen LogP contribution >= 0.6 is 0 Å². The van der Waals surface area contributed by atoms with Gasteiger partial charge in [-0.1, -0.05) is 36.4 Å². The normalized spacial score (nSPS) is 28.1. The second-order valence-electron chi connectivity index (χ2n) is 4.80. The minimum Gasteiger partial charge on any atom is -0.399 e. The third-order valence-electron chi connectivity index (χ3n) is 3.41. The van der Waals surface area contributed by atoms with E-state index < -0.39 is 5.60 Å². The molecule has 1 unspecified atom stereocenters. The maximum absolute atomic E-state index is 5.96. The van der Waals surface area contributed by atoms with Gasteiger partial charge in [-0.15, -0.1) is 6.58 Å². The largest absolute Gasteiger partial charge is 0.495 e. The molecule has 0 radical (unpaired) electrons. The van der Waals surface area contributed by atoms with Crippen molar-refractivity contribution in [2.75, 3.05) is 0 Å². The first-order chi connectivity index (χ1) is 7.48. The lowest BCUT2D eigenvalue weighted by atomic mass is 9.79. The van der Waals surface area contributed by atoms with Gasteiger partial charge in [0.05, 0.1) is 11.2 Å². The SMILES string of the molecule is C=CC1(C)OB(c2ccccc2)OC1(C)C. The molecule has 1 saturated heterocycles. The minimum absolute atomic E-state index is 0.306. The van der Waals surface area contributed by atoms with Gasteiger partial charge in [-0.05, 0) is 26.2 Å². The van der Waals surface area contributed by atoms with Crippen LogP contribution in [0.25, 0.3) is 0 Å². The molecule has 0 saturated carbocycles. The molecule has 0 aromatic heterocycles. The maximum Gasteiger partial charge on any atom is 0.495 e. The van der Waals surface area contributed by atoms with E-state index in [-0.39, 0.29) is 12.7 Å². The zero-order chi connectivity index (χ0) is 11.8. The highest BCUT2D eigenvalue weighted by molar-refractivity contribution is 6.62. The average Bonchev–Trinajstić information content (AvgIpc) is 2.52. The fourth-order valence-corrected chi connectivity index (χ4v) is 1.81. The quantitative estimate of drug-likeness (QED) is 0.557. The summed E-state index contributed by atoms with van der Waals surface area (Å²) >= 11 is 0. The first-order valence-electron chi connectivity index (χ1n) is 5.53. The van der Waals surface area contributed by atoms with Gasteiger partial charge < -0.3 is 9.31 Å². The zero-order valence-corrected chi connectivity index (χ0v) is 10.1. The summed E-state index contributed by atoms with van der Waals surface area (Å²) in [6.45, 7) is 9.89. The Morgan fingerprint density at radius 3 is 2.25 bits per heavy atom. The lowest BCUT2D eigenvalue weighted by molar-refractivity contribution is 0.0288. The van der Waals surface area contributed by atoms with E-state index in [1.54, 1.807) is 0 Å². The molecule has 0 N–H and O–H groups in total. The van der Waals surface area contributed by atoms with Crippen molar-refractivity contribution in [1.29, 1.82) is 0 Å². The van der Waals surface area contributed by atoms with Crippen LogP contribution in [0.15, 0.2) is 43.0 Å². The topological polar surface area (TPSA) is 18.5 Å².